The minimum atomic E-state index is -0.545. The fourth-order valence-electron chi connectivity index (χ4n) is 2.14. The van der Waals surface area contributed by atoms with Crippen molar-refractivity contribution in [2.75, 3.05) is 6.54 Å². The first-order valence-electron chi connectivity index (χ1n) is 6.57. The van der Waals surface area contributed by atoms with E-state index in [1.807, 2.05) is 37.3 Å². The van der Waals surface area contributed by atoms with Crippen molar-refractivity contribution in [3.8, 4) is 0 Å². The number of nitrogens with one attached hydrogen (secondary N) is 1. The van der Waals surface area contributed by atoms with Gasteiger partial charge in [0.2, 0.25) is 5.72 Å². The molecule has 4 nitrogen and oxygen atoms in total. The monoisotopic (exact) mass is 248 g/mol. The summed E-state index contributed by atoms with van der Waals surface area (Å²) in [5.74, 6) is 0. The zero-order chi connectivity index (χ0) is 13.0. The molecular formula is C14H20N2O2. The number of urea groups is 1. The maximum atomic E-state index is 11.8. The van der Waals surface area contributed by atoms with Crippen LogP contribution in [-0.2, 0) is 10.6 Å². The molecule has 1 fully saturated rings. The quantitative estimate of drug-likeness (QED) is 0.814. The summed E-state index contributed by atoms with van der Waals surface area (Å²) < 4.78 is 0. The van der Waals surface area contributed by atoms with E-state index in [1.165, 1.54) is 5.06 Å². The molecule has 1 heterocycles. The molecule has 18 heavy (non-hydrogen) atoms. The lowest BCUT2D eigenvalue weighted by molar-refractivity contribution is 0.175. The van der Waals surface area contributed by atoms with Gasteiger partial charge in [0.05, 0.1) is 0 Å². The van der Waals surface area contributed by atoms with Gasteiger partial charge in [-0.2, -0.15) is 5.06 Å². The molecule has 2 amide bonds. The van der Waals surface area contributed by atoms with Crippen LogP contribution in [0.25, 0.3) is 0 Å². The third-order valence-corrected chi connectivity index (χ3v) is 3.14. The number of rotatable bonds is 5. The van der Waals surface area contributed by atoms with Gasteiger partial charge in [0.15, 0.2) is 0 Å². The Morgan fingerprint density at radius 2 is 2.06 bits per heavy atom. The Labute approximate surface area is 108 Å². The van der Waals surface area contributed by atoms with Crippen LogP contribution in [0.4, 0.5) is 4.79 Å². The Hall–Kier alpha value is -1.55. The highest BCUT2D eigenvalue weighted by atomic mass is 16.9. The Morgan fingerprint density at radius 3 is 2.67 bits per heavy atom. The number of hydroxylamine groups is 2. The van der Waals surface area contributed by atoms with Gasteiger partial charge >= 0.3 is 6.03 Å². The van der Waals surface area contributed by atoms with E-state index in [0.29, 0.717) is 6.54 Å². The number of hydrogen-bond acceptors (Lipinski definition) is 2. The molecule has 1 aromatic carbocycles. The first-order chi connectivity index (χ1) is 8.74. The molecule has 0 radical (unpaired) electrons. The molecule has 4 heteroatoms. The molecule has 1 aliphatic rings. The number of hydrogen-bond donors (Lipinski definition) is 1. The first kappa shape index (κ1) is 12.9. The van der Waals surface area contributed by atoms with Gasteiger partial charge in [-0.05, 0) is 13.3 Å². The van der Waals surface area contributed by atoms with E-state index < -0.39 is 5.72 Å². The summed E-state index contributed by atoms with van der Waals surface area (Å²) >= 11 is 0. The summed E-state index contributed by atoms with van der Waals surface area (Å²) in [7, 11) is 0. The van der Waals surface area contributed by atoms with Crippen molar-refractivity contribution < 1.29 is 9.63 Å². The maximum Gasteiger partial charge on any atom is 0.344 e. The summed E-state index contributed by atoms with van der Waals surface area (Å²) in [5.41, 5.74) is 0.501. The Morgan fingerprint density at radius 1 is 1.33 bits per heavy atom. The molecule has 1 aromatic rings. The lowest BCUT2D eigenvalue weighted by Crippen LogP contribution is -2.32. The van der Waals surface area contributed by atoms with Crippen LogP contribution in [0.15, 0.2) is 30.3 Å². The first-order valence-corrected chi connectivity index (χ1v) is 6.57. The highest BCUT2D eigenvalue weighted by Gasteiger charge is 2.59. The zero-order valence-corrected chi connectivity index (χ0v) is 11.0. The van der Waals surface area contributed by atoms with Crippen LogP contribution in [0.3, 0.4) is 0 Å². The van der Waals surface area contributed by atoms with Gasteiger partial charge in [0.25, 0.3) is 0 Å². The number of amides is 2. The summed E-state index contributed by atoms with van der Waals surface area (Å²) in [6.45, 7) is 4.65. The number of carbonyl (C=O) groups is 1. The molecule has 1 saturated heterocycles. The van der Waals surface area contributed by atoms with Gasteiger partial charge < -0.3 is 5.32 Å². The fraction of sp³-hybridized carbons (Fsp3) is 0.500. The van der Waals surface area contributed by atoms with Gasteiger partial charge in [0.1, 0.15) is 0 Å². The van der Waals surface area contributed by atoms with Gasteiger partial charge in [0, 0.05) is 18.5 Å². The summed E-state index contributed by atoms with van der Waals surface area (Å²) in [6, 6.07) is 9.78. The highest BCUT2D eigenvalue weighted by molar-refractivity contribution is 5.75. The second-order valence-corrected chi connectivity index (χ2v) is 4.48. The Balaban J connectivity index is 2.15. The van der Waals surface area contributed by atoms with Crippen molar-refractivity contribution in [1.29, 1.82) is 0 Å². The molecule has 1 N–H and O–H groups in total. The van der Waals surface area contributed by atoms with Crippen LogP contribution < -0.4 is 5.32 Å². The molecule has 0 aliphatic carbocycles. The van der Waals surface area contributed by atoms with Gasteiger partial charge in [-0.25, -0.2) is 9.63 Å². The minimum Gasteiger partial charge on any atom is -0.336 e. The third-order valence-electron chi connectivity index (χ3n) is 3.14. The predicted octanol–water partition coefficient (Wildman–Crippen LogP) is 3.01. The van der Waals surface area contributed by atoms with E-state index in [9.17, 15) is 4.79 Å². The van der Waals surface area contributed by atoms with Crippen molar-refractivity contribution in [2.24, 2.45) is 0 Å². The topological polar surface area (TPSA) is 44.6 Å². The molecule has 2 rings (SSSR count). The van der Waals surface area contributed by atoms with E-state index >= 15 is 0 Å². The van der Waals surface area contributed by atoms with Crippen molar-refractivity contribution in [3.05, 3.63) is 35.9 Å². The Kier molecular flexibility index (Phi) is 3.87. The lowest BCUT2D eigenvalue weighted by atomic mass is 9.99. The molecule has 98 valence electrons. The van der Waals surface area contributed by atoms with Crippen LogP contribution >= 0.6 is 0 Å². The Bertz CT molecular complexity index is 408. The van der Waals surface area contributed by atoms with Gasteiger partial charge in [-0.1, -0.05) is 43.7 Å². The van der Waals surface area contributed by atoms with E-state index in [4.69, 9.17) is 4.84 Å². The molecule has 0 saturated carbocycles. The largest absolute Gasteiger partial charge is 0.344 e. The van der Waals surface area contributed by atoms with Gasteiger partial charge in [-0.3, -0.25) is 0 Å². The molecule has 0 spiro atoms. The van der Waals surface area contributed by atoms with Crippen molar-refractivity contribution in [2.45, 2.75) is 38.8 Å². The van der Waals surface area contributed by atoms with Crippen LogP contribution in [0.5, 0.6) is 0 Å². The maximum absolute atomic E-state index is 11.8. The highest BCUT2D eigenvalue weighted by Crippen LogP contribution is 2.48. The third kappa shape index (κ3) is 2.34. The summed E-state index contributed by atoms with van der Waals surface area (Å²) in [4.78, 5) is 17.5. The van der Waals surface area contributed by atoms with Crippen LogP contribution in [0.2, 0.25) is 0 Å². The number of nitrogens with zero attached hydrogens (tertiary/aromatic N) is 1. The van der Waals surface area contributed by atoms with Crippen molar-refractivity contribution in [3.63, 3.8) is 0 Å². The van der Waals surface area contributed by atoms with E-state index in [0.717, 1.165) is 24.8 Å². The predicted molar refractivity (Wildman–Crippen MR) is 69.6 cm³/mol. The number of unbranched alkanes of at least 4 members (excludes halogenated alkanes) is 1. The molecule has 1 aliphatic heterocycles. The normalized spacial score (nSPS) is 21.8. The van der Waals surface area contributed by atoms with E-state index in [2.05, 4.69) is 12.2 Å². The van der Waals surface area contributed by atoms with E-state index in [-0.39, 0.29) is 6.03 Å². The van der Waals surface area contributed by atoms with Crippen molar-refractivity contribution in [1.82, 2.24) is 10.4 Å². The average molecular weight is 248 g/mol. The number of benzene rings is 1. The van der Waals surface area contributed by atoms with Crippen LogP contribution in [-0.4, -0.2) is 17.6 Å². The molecule has 1 atom stereocenters. The summed E-state index contributed by atoms with van der Waals surface area (Å²) in [5, 5.41) is 4.23. The van der Waals surface area contributed by atoms with Crippen molar-refractivity contribution >= 4 is 6.03 Å². The molecule has 0 bridgehead atoms. The van der Waals surface area contributed by atoms with Gasteiger partial charge in [-0.15, -0.1) is 0 Å². The average Bonchev–Trinajstić information content (AvgIpc) is 3.14. The lowest BCUT2D eigenvalue weighted by Gasteiger charge is -2.11. The van der Waals surface area contributed by atoms with Crippen LogP contribution in [0, 0.1) is 0 Å². The molecule has 0 aromatic heterocycles. The second-order valence-electron chi connectivity index (χ2n) is 4.48. The van der Waals surface area contributed by atoms with E-state index in [1.54, 1.807) is 0 Å². The SMILES string of the molecule is CCCCC1(c2ccccc2)ON1C(=O)NCC. The molecule has 1 unspecified atom stereocenters. The van der Waals surface area contributed by atoms with Crippen LogP contribution in [0.1, 0.15) is 38.7 Å². The second kappa shape index (κ2) is 5.40. The standard InChI is InChI=1S/C14H20N2O2/c1-3-5-11-14(12-9-7-6-8-10-12)16(18-14)13(17)15-4-2/h6-10H,3-5,11H2,1-2H3,(H,15,17). The summed E-state index contributed by atoms with van der Waals surface area (Å²) in [6.07, 6.45) is 2.95. The smallest absolute Gasteiger partial charge is 0.336 e. The minimum absolute atomic E-state index is 0.155. The molecular weight excluding hydrogens is 228 g/mol. The zero-order valence-electron chi connectivity index (χ0n) is 11.0. The number of carbonyl (C=O) groups excluding carboxylic acids is 1. The fourth-order valence-corrected chi connectivity index (χ4v) is 2.14.